The fourth-order valence-corrected chi connectivity index (χ4v) is 15.4. The van der Waals surface area contributed by atoms with E-state index in [0.717, 1.165) is 0 Å². The molecule has 5 heteroatoms. The molecule has 5 aliphatic rings. The van der Waals surface area contributed by atoms with Crippen molar-refractivity contribution in [2.24, 2.45) is 0 Å². The van der Waals surface area contributed by atoms with E-state index in [1.165, 1.54) is 144 Å². The van der Waals surface area contributed by atoms with E-state index in [-0.39, 0.29) is 28.4 Å². The third kappa shape index (κ3) is 5.93. The van der Waals surface area contributed by atoms with Crippen molar-refractivity contribution in [3.05, 3.63) is 124 Å². The van der Waals surface area contributed by atoms with Gasteiger partial charge in [0, 0.05) is 52.5 Å². The molecule has 1 fully saturated rings. The number of nitrogens with zero attached hydrogens (tertiary/aromatic N) is 2. The Balaban J connectivity index is 1.24. The molecule has 5 aromatic carbocycles. The minimum Gasteiger partial charge on any atom is -0.310 e. The number of anilines is 6. The highest BCUT2D eigenvalue weighted by Gasteiger charge is 2.49. The average molecular weight is 863 g/mol. The van der Waals surface area contributed by atoms with Gasteiger partial charge in [0.05, 0.1) is 11.4 Å². The van der Waals surface area contributed by atoms with Gasteiger partial charge in [-0.2, -0.15) is 0 Å². The molecule has 0 N–H and O–H groups in total. The Hall–Kier alpha value is -4.32. The predicted molar refractivity (Wildman–Crippen MR) is 277 cm³/mol. The minimum absolute atomic E-state index is 0.120. The lowest BCUT2D eigenvalue weighted by Gasteiger charge is -2.44. The van der Waals surface area contributed by atoms with E-state index in [4.69, 9.17) is 0 Å². The zero-order valence-corrected chi connectivity index (χ0v) is 40.9. The van der Waals surface area contributed by atoms with Crippen LogP contribution in [0.3, 0.4) is 0 Å². The van der Waals surface area contributed by atoms with Crippen LogP contribution in [0, 0.1) is 13.8 Å². The van der Waals surface area contributed by atoms with Gasteiger partial charge < -0.3 is 9.80 Å². The molecular formula is C58H63BN2S2. The normalized spacial score (nSPS) is 20.3. The number of aryl methyl sites for hydroxylation is 2. The van der Waals surface area contributed by atoms with E-state index in [2.05, 4.69) is 187 Å². The molecule has 320 valence electrons. The second kappa shape index (κ2) is 13.6. The van der Waals surface area contributed by atoms with E-state index in [1.807, 2.05) is 0 Å². The molecule has 12 rings (SSSR count). The third-order valence-corrected chi connectivity index (χ3v) is 19.3. The molecule has 0 bridgehead atoms. The van der Waals surface area contributed by atoms with Gasteiger partial charge in [-0.25, -0.2) is 0 Å². The molecule has 7 aromatic rings. The maximum Gasteiger partial charge on any atom is 0.277 e. The maximum absolute atomic E-state index is 2.73. The number of benzene rings is 5. The summed E-state index contributed by atoms with van der Waals surface area (Å²) in [4.78, 5) is 5.47. The molecule has 2 aliphatic heterocycles. The summed E-state index contributed by atoms with van der Waals surface area (Å²) in [5.74, 6) is 0.560. The van der Waals surface area contributed by atoms with Crippen molar-refractivity contribution >= 4 is 98.7 Å². The molecule has 63 heavy (non-hydrogen) atoms. The molecule has 3 aliphatic carbocycles. The van der Waals surface area contributed by atoms with E-state index in [0.29, 0.717) is 5.92 Å². The Morgan fingerprint density at radius 1 is 0.492 bits per heavy atom. The van der Waals surface area contributed by atoms with Crippen molar-refractivity contribution in [3.8, 4) is 0 Å². The van der Waals surface area contributed by atoms with Gasteiger partial charge in [0.15, 0.2) is 0 Å². The standard InChI is InChI=1S/C58H63BN2S2/c1-34-16-20-38(21-17-34)60-46-28-37(36-14-12-11-13-15-36)29-47-50(46)59(53-51(60)40-30-42-44(32-48(40)62-53)57(7,8)26-24-55(42,3)4)54-52(61(47)39-22-18-35(2)19-23-39)41-31-43-45(33-49(41)63-54)58(9,10)27-25-56(43,5)6/h16-23,28-33,36H,11-15,24-27H2,1-10H3. The Bertz CT molecular complexity index is 2830. The zero-order valence-electron chi connectivity index (χ0n) is 39.3. The first-order valence-corrected chi connectivity index (χ1v) is 25.8. The Kier molecular flexibility index (Phi) is 8.69. The minimum atomic E-state index is 0.120. The summed E-state index contributed by atoms with van der Waals surface area (Å²) in [6.07, 6.45) is 11.4. The lowest BCUT2D eigenvalue weighted by Crippen LogP contribution is -2.59. The van der Waals surface area contributed by atoms with E-state index >= 15 is 0 Å². The van der Waals surface area contributed by atoms with Gasteiger partial charge in [-0.05, 0) is 174 Å². The van der Waals surface area contributed by atoms with Gasteiger partial charge >= 0.3 is 0 Å². The Morgan fingerprint density at radius 3 is 1.27 bits per heavy atom. The van der Waals surface area contributed by atoms with Crippen molar-refractivity contribution in [1.82, 2.24) is 0 Å². The molecule has 0 unspecified atom stereocenters. The first kappa shape index (κ1) is 40.2. The van der Waals surface area contributed by atoms with Gasteiger partial charge in [0.1, 0.15) is 0 Å². The van der Waals surface area contributed by atoms with Crippen LogP contribution in [0.2, 0.25) is 0 Å². The van der Waals surface area contributed by atoms with Crippen molar-refractivity contribution in [2.45, 2.75) is 155 Å². The molecule has 0 saturated heterocycles. The molecular weight excluding hydrogens is 800 g/mol. The van der Waals surface area contributed by atoms with Crippen LogP contribution in [0.15, 0.2) is 84.9 Å². The van der Waals surface area contributed by atoms with Crippen molar-refractivity contribution in [1.29, 1.82) is 0 Å². The highest BCUT2D eigenvalue weighted by molar-refractivity contribution is 7.40. The van der Waals surface area contributed by atoms with Crippen LogP contribution < -0.4 is 24.8 Å². The number of thiophene rings is 2. The van der Waals surface area contributed by atoms with Gasteiger partial charge in [-0.15, -0.1) is 22.7 Å². The predicted octanol–water partition coefficient (Wildman–Crippen LogP) is 15.6. The molecule has 1 saturated carbocycles. The molecule has 0 amide bonds. The lowest BCUT2D eigenvalue weighted by atomic mass is 9.39. The quantitative estimate of drug-likeness (QED) is 0.163. The molecule has 2 nitrogen and oxygen atoms in total. The topological polar surface area (TPSA) is 6.48 Å². The fourth-order valence-electron chi connectivity index (χ4n) is 12.7. The van der Waals surface area contributed by atoms with E-state index < -0.39 is 0 Å². The summed E-state index contributed by atoms with van der Waals surface area (Å²) >= 11 is 4.18. The monoisotopic (exact) mass is 862 g/mol. The van der Waals surface area contributed by atoms with Crippen LogP contribution in [-0.2, 0) is 21.7 Å². The van der Waals surface area contributed by atoms with Crippen LogP contribution in [0.4, 0.5) is 34.1 Å². The van der Waals surface area contributed by atoms with Crippen molar-refractivity contribution in [2.75, 3.05) is 9.80 Å². The fraction of sp³-hybridized carbons (Fsp3) is 0.414. The Labute approximate surface area is 384 Å². The first-order chi connectivity index (χ1) is 30.0. The van der Waals surface area contributed by atoms with Crippen LogP contribution in [0.5, 0.6) is 0 Å². The highest BCUT2D eigenvalue weighted by Crippen LogP contribution is 2.56. The molecule has 0 radical (unpaired) electrons. The van der Waals surface area contributed by atoms with E-state index in [1.54, 1.807) is 22.3 Å². The second-order valence-corrected chi connectivity index (χ2v) is 25.2. The summed E-state index contributed by atoms with van der Waals surface area (Å²) in [5, 5.41) is 2.86. The van der Waals surface area contributed by atoms with Crippen molar-refractivity contribution < 1.29 is 0 Å². The summed E-state index contributed by atoms with van der Waals surface area (Å²) < 4.78 is 5.88. The lowest BCUT2D eigenvalue weighted by molar-refractivity contribution is 0.332. The summed E-state index contributed by atoms with van der Waals surface area (Å²) in [6, 6.07) is 34.9. The maximum atomic E-state index is 2.73. The number of fused-ring (bicyclic) bond motifs is 10. The van der Waals surface area contributed by atoms with Crippen LogP contribution >= 0.6 is 22.7 Å². The van der Waals surface area contributed by atoms with Gasteiger partial charge in [0.2, 0.25) is 0 Å². The summed E-state index contributed by atoms with van der Waals surface area (Å²) in [7, 11) is 0. The van der Waals surface area contributed by atoms with E-state index in [9.17, 15) is 0 Å². The Morgan fingerprint density at radius 2 is 0.873 bits per heavy atom. The zero-order chi connectivity index (χ0) is 43.5. The number of hydrogen-bond acceptors (Lipinski definition) is 4. The molecule has 4 heterocycles. The second-order valence-electron chi connectivity index (χ2n) is 23.0. The average Bonchev–Trinajstić information content (AvgIpc) is 3.82. The molecule has 2 aromatic heterocycles. The number of hydrogen-bond donors (Lipinski definition) is 0. The van der Waals surface area contributed by atoms with Gasteiger partial charge in [-0.1, -0.05) is 110 Å². The first-order valence-electron chi connectivity index (χ1n) is 24.2. The summed E-state index contributed by atoms with van der Waals surface area (Å²) in [5.41, 5.74) is 20.4. The van der Waals surface area contributed by atoms with Crippen LogP contribution in [-0.4, -0.2) is 6.71 Å². The van der Waals surface area contributed by atoms with Gasteiger partial charge in [0.25, 0.3) is 6.71 Å². The largest absolute Gasteiger partial charge is 0.310 e. The highest BCUT2D eigenvalue weighted by atomic mass is 32.1. The number of rotatable bonds is 3. The smallest absolute Gasteiger partial charge is 0.277 e. The van der Waals surface area contributed by atoms with Crippen LogP contribution in [0.25, 0.3) is 20.2 Å². The van der Waals surface area contributed by atoms with Gasteiger partial charge in [-0.3, -0.25) is 0 Å². The van der Waals surface area contributed by atoms with Crippen molar-refractivity contribution in [3.63, 3.8) is 0 Å². The summed E-state index contributed by atoms with van der Waals surface area (Å²) in [6.45, 7) is 24.5. The molecule has 0 atom stereocenters. The van der Waals surface area contributed by atoms with Crippen LogP contribution in [0.1, 0.15) is 158 Å². The third-order valence-electron chi connectivity index (χ3n) is 16.9. The SMILES string of the molecule is Cc1ccc(N2c3cc(C4CCCCC4)cc4c3B(c3sc5cc6c(cc5c32)C(C)(C)CCC6(C)C)c2sc3cc5c(cc3c2N4c2ccc(C)cc2)C(C)(C)CCC5(C)C)cc1. The molecule has 0 spiro atoms.